The van der Waals surface area contributed by atoms with E-state index in [2.05, 4.69) is 11.1 Å². The molecule has 2 aromatic rings. The van der Waals surface area contributed by atoms with E-state index < -0.39 is 0 Å². The summed E-state index contributed by atoms with van der Waals surface area (Å²) in [5, 5.41) is 9.92. The number of fused-ring (bicyclic) bond motifs is 1. The van der Waals surface area contributed by atoms with Crippen molar-refractivity contribution in [1.82, 2.24) is 4.98 Å². The topological polar surface area (TPSA) is 81.2 Å². The minimum Gasteiger partial charge on any atom is -0.497 e. The van der Waals surface area contributed by atoms with Crippen LogP contribution in [0.3, 0.4) is 0 Å². The molecular formula is C24H31N3O2. The van der Waals surface area contributed by atoms with E-state index in [0.717, 1.165) is 53.8 Å². The Hall–Kier alpha value is -2.74. The molecular weight excluding hydrogens is 362 g/mol. The van der Waals surface area contributed by atoms with Crippen molar-refractivity contribution in [3.05, 3.63) is 35.0 Å². The standard InChI is InChI=1S/C24H31N3O2/c1-28-17-13-14-22(29-2)19(15-17)23-18-11-9-7-5-3-4-6-8-10-12-21(18)27-24(26)20(23)16-25/h13-15H,3-12H2,1-2H3,(H2,26,27). The number of hydrogen-bond acceptors (Lipinski definition) is 5. The first-order chi connectivity index (χ1) is 14.2. The molecule has 1 aromatic heterocycles. The van der Waals surface area contributed by atoms with Gasteiger partial charge < -0.3 is 15.2 Å². The molecule has 0 amide bonds. The average molecular weight is 394 g/mol. The Balaban J connectivity index is 2.20. The highest BCUT2D eigenvalue weighted by Gasteiger charge is 2.22. The molecule has 1 aliphatic rings. The maximum Gasteiger partial charge on any atom is 0.142 e. The predicted octanol–water partition coefficient (Wildman–Crippen LogP) is 5.44. The second kappa shape index (κ2) is 10.2. The smallest absolute Gasteiger partial charge is 0.142 e. The van der Waals surface area contributed by atoms with Crippen molar-refractivity contribution in [2.45, 2.75) is 64.2 Å². The second-order valence-corrected chi connectivity index (χ2v) is 7.68. The number of benzene rings is 1. The van der Waals surface area contributed by atoms with Gasteiger partial charge in [-0.05, 0) is 49.4 Å². The number of nitrogens with zero attached hydrogens (tertiary/aromatic N) is 2. The van der Waals surface area contributed by atoms with E-state index in [1.165, 1.54) is 38.5 Å². The van der Waals surface area contributed by atoms with Gasteiger partial charge in [0.25, 0.3) is 0 Å². The Morgan fingerprint density at radius 3 is 2.21 bits per heavy atom. The minimum atomic E-state index is 0.304. The molecule has 1 heterocycles. The van der Waals surface area contributed by atoms with E-state index in [0.29, 0.717) is 17.1 Å². The van der Waals surface area contributed by atoms with Crippen molar-refractivity contribution in [3.63, 3.8) is 0 Å². The first kappa shape index (κ1) is 21.0. The molecule has 29 heavy (non-hydrogen) atoms. The Morgan fingerprint density at radius 1 is 0.931 bits per heavy atom. The van der Waals surface area contributed by atoms with Gasteiger partial charge in [-0.25, -0.2) is 4.98 Å². The number of nitrogen functional groups attached to an aromatic ring is 1. The lowest BCUT2D eigenvalue weighted by Gasteiger charge is -2.20. The predicted molar refractivity (Wildman–Crippen MR) is 116 cm³/mol. The number of anilines is 1. The Bertz CT molecular complexity index is 887. The minimum absolute atomic E-state index is 0.304. The van der Waals surface area contributed by atoms with Crippen molar-refractivity contribution in [1.29, 1.82) is 5.26 Å². The molecule has 0 unspecified atom stereocenters. The number of ether oxygens (including phenoxy) is 2. The van der Waals surface area contributed by atoms with E-state index in [1.54, 1.807) is 14.2 Å². The third kappa shape index (κ3) is 4.82. The normalized spacial score (nSPS) is 15.3. The summed E-state index contributed by atoms with van der Waals surface area (Å²) in [4.78, 5) is 4.68. The Labute approximate surface area is 173 Å². The van der Waals surface area contributed by atoms with Crippen molar-refractivity contribution >= 4 is 5.82 Å². The van der Waals surface area contributed by atoms with Gasteiger partial charge >= 0.3 is 0 Å². The lowest BCUT2D eigenvalue weighted by atomic mass is 9.88. The highest BCUT2D eigenvalue weighted by molar-refractivity contribution is 5.83. The van der Waals surface area contributed by atoms with Crippen molar-refractivity contribution in [3.8, 4) is 28.7 Å². The largest absolute Gasteiger partial charge is 0.497 e. The van der Waals surface area contributed by atoms with Gasteiger partial charge in [-0.2, -0.15) is 5.26 Å². The zero-order valence-corrected chi connectivity index (χ0v) is 17.6. The van der Waals surface area contributed by atoms with Crippen LogP contribution in [0.4, 0.5) is 5.82 Å². The fraction of sp³-hybridized carbons (Fsp3) is 0.500. The first-order valence-electron chi connectivity index (χ1n) is 10.6. The van der Waals surface area contributed by atoms with Crippen LogP contribution in [0, 0.1) is 11.3 Å². The fourth-order valence-corrected chi connectivity index (χ4v) is 4.24. The van der Waals surface area contributed by atoms with Gasteiger partial charge in [0.2, 0.25) is 0 Å². The molecule has 5 nitrogen and oxygen atoms in total. The van der Waals surface area contributed by atoms with Gasteiger partial charge in [-0.3, -0.25) is 0 Å². The third-order valence-corrected chi connectivity index (χ3v) is 5.79. The summed E-state index contributed by atoms with van der Waals surface area (Å²) in [6.07, 6.45) is 11.5. The van der Waals surface area contributed by atoms with Gasteiger partial charge in [0.1, 0.15) is 28.9 Å². The zero-order valence-electron chi connectivity index (χ0n) is 17.6. The summed E-state index contributed by atoms with van der Waals surface area (Å²) < 4.78 is 11.1. The quantitative estimate of drug-likeness (QED) is 0.751. The molecule has 154 valence electrons. The lowest BCUT2D eigenvalue weighted by Crippen LogP contribution is -2.09. The van der Waals surface area contributed by atoms with E-state index in [9.17, 15) is 5.26 Å². The maximum atomic E-state index is 9.92. The van der Waals surface area contributed by atoms with Crippen LogP contribution in [-0.4, -0.2) is 19.2 Å². The first-order valence-corrected chi connectivity index (χ1v) is 10.6. The van der Waals surface area contributed by atoms with E-state index in [1.807, 2.05) is 18.2 Å². The van der Waals surface area contributed by atoms with Crippen LogP contribution < -0.4 is 15.2 Å². The van der Waals surface area contributed by atoms with E-state index >= 15 is 0 Å². The van der Waals surface area contributed by atoms with Gasteiger partial charge in [-0.1, -0.05) is 38.5 Å². The summed E-state index contributed by atoms with van der Waals surface area (Å²) in [5.74, 6) is 1.74. The molecule has 5 heteroatoms. The number of aryl methyl sites for hydroxylation is 1. The van der Waals surface area contributed by atoms with Crippen LogP contribution in [0.1, 0.15) is 68.2 Å². The molecule has 2 N–H and O–H groups in total. The molecule has 1 aliphatic carbocycles. The summed E-state index contributed by atoms with van der Waals surface area (Å²) in [6, 6.07) is 7.99. The third-order valence-electron chi connectivity index (χ3n) is 5.79. The van der Waals surface area contributed by atoms with E-state index in [4.69, 9.17) is 15.2 Å². The van der Waals surface area contributed by atoms with Gasteiger partial charge in [-0.15, -0.1) is 0 Å². The van der Waals surface area contributed by atoms with E-state index in [-0.39, 0.29) is 0 Å². The molecule has 1 aromatic carbocycles. The second-order valence-electron chi connectivity index (χ2n) is 7.68. The molecule has 0 saturated heterocycles. The average Bonchev–Trinajstić information content (AvgIpc) is 2.73. The lowest BCUT2D eigenvalue weighted by molar-refractivity contribution is 0.404. The van der Waals surface area contributed by atoms with Gasteiger partial charge in [0.05, 0.1) is 14.2 Å². The molecule has 0 saturated carbocycles. The number of hydrogen-bond donors (Lipinski definition) is 1. The summed E-state index contributed by atoms with van der Waals surface area (Å²) in [6.45, 7) is 0. The van der Waals surface area contributed by atoms with Gasteiger partial charge in [0.15, 0.2) is 0 Å². The molecule has 0 aliphatic heterocycles. The van der Waals surface area contributed by atoms with Crippen LogP contribution in [0.5, 0.6) is 11.5 Å². The fourth-order valence-electron chi connectivity index (χ4n) is 4.24. The van der Waals surface area contributed by atoms with Crippen LogP contribution >= 0.6 is 0 Å². The van der Waals surface area contributed by atoms with Crippen LogP contribution in [0.15, 0.2) is 18.2 Å². The highest BCUT2D eigenvalue weighted by atomic mass is 16.5. The number of aromatic nitrogens is 1. The number of pyridine rings is 1. The maximum absolute atomic E-state index is 9.92. The zero-order chi connectivity index (χ0) is 20.6. The summed E-state index contributed by atoms with van der Waals surface area (Å²) in [5.41, 5.74) is 10.6. The Kier molecular flexibility index (Phi) is 7.35. The van der Waals surface area contributed by atoms with Crippen LogP contribution in [0.25, 0.3) is 11.1 Å². The number of nitrogens with two attached hydrogens (primary N) is 1. The van der Waals surface area contributed by atoms with Crippen molar-refractivity contribution in [2.24, 2.45) is 0 Å². The molecule has 0 fully saturated rings. The molecule has 0 atom stereocenters. The molecule has 0 spiro atoms. The SMILES string of the molecule is COc1ccc(OC)c(-c2c(C#N)c(N)nc3c2CCCCCCCCCC3)c1. The van der Waals surface area contributed by atoms with Crippen molar-refractivity contribution < 1.29 is 9.47 Å². The number of rotatable bonds is 3. The number of methoxy groups -OCH3 is 2. The highest BCUT2D eigenvalue weighted by Crippen LogP contribution is 2.40. The Morgan fingerprint density at radius 2 is 1.59 bits per heavy atom. The monoisotopic (exact) mass is 393 g/mol. The molecule has 0 radical (unpaired) electrons. The summed E-state index contributed by atoms with van der Waals surface area (Å²) >= 11 is 0. The molecule has 3 rings (SSSR count). The summed E-state index contributed by atoms with van der Waals surface area (Å²) in [7, 11) is 3.29. The van der Waals surface area contributed by atoms with Crippen molar-refractivity contribution in [2.75, 3.05) is 20.0 Å². The number of nitriles is 1. The molecule has 0 bridgehead atoms. The van der Waals surface area contributed by atoms with Crippen LogP contribution in [0.2, 0.25) is 0 Å². The van der Waals surface area contributed by atoms with Gasteiger partial charge in [0, 0.05) is 16.8 Å². The van der Waals surface area contributed by atoms with Crippen LogP contribution in [-0.2, 0) is 12.8 Å².